The molecular formula is C19H23ClN2O. The van der Waals surface area contributed by atoms with Crippen LogP contribution in [0.25, 0.3) is 0 Å². The predicted molar refractivity (Wildman–Crippen MR) is 94.8 cm³/mol. The Morgan fingerprint density at radius 2 is 1.91 bits per heavy atom. The largest absolute Gasteiger partial charge is 0.306 e. The van der Waals surface area contributed by atoms with Crippen molar-refractivity contribution >= 4 is 17.4 Å². The number of ketones is 1. The molecule has 1 aromatic heterocycles. The number of pyridine rings is 1. The lowest BCUT2D eigenvalue weighted by atomic mass is 9.98. The maximum Gasteiger partial charge on any atom is 0.137 e. The fourth-order valence-electron chi connectivity index (χ4n) is 2.61. The van der Waals surface area contributed by atoms with Crippen LogP contribution < -0.4 is 0 Å². The van der Waals surface area contributed by atoms with E-state index in [1.54, 1.807) is 6.20 Å². The molecule has 0 unspecified atom stereocenters. The number of halogens is 1. The molecule has 4 heteroatoms. The summed E-state index contributed by atoms with van der Waals surface area (Å²) in [5.74, 6) is 0.208. The molecule has 0 N–H and O–H groups in total. The first-order valence-electron chi connectivity index (χ1n) is 7.87. The number of rotatable bonds is 8. The molecule has 3 nitrogen and oxygen atoms in total. The van der Waals surface area contributed by atoms with Gasteiger partial charge in [0.15, 0.2) is 0 Å². The SMILES string of the molecule is CN(C)[C@H](CCC(=O)Cc1cccnc1Cl)Cc1ccccc1. The van der Waals surface area contributed by atoms with E-state index in [0.717, 1.165) is 18.4 Å². The number of carbonyl (C=O) groups excluding carboxylic acids is 1. The molecule has 0 saturated carbocycles. The van der Waals surface area contributed by atoms with E-state index in [2.05, 4.69) is 48.2 Å². The predicted octanol–water partition coefficient (Wildman–Crippen LogP) is 3.80. The molecule has 1 atom stereocenters. The molecule has 0 saturated heterocycles. The standard InChI is InChI=1S/C19H23ClN2O/c1-22(2)17(13-15-7-4-3-5-8-15)10-11-18(23)14-16-9-6-12-21-19(16)20/h3-9,12,17H,10-11,13-14H2,1-2H3/t17-/m1/s1. The van der Waals surface area contributed by atoms with Gasteiger partial charge in [-0.1, -0.05) is 48.0 Å². The molecule has 1 aromatic carbocycles. The zero-order valence-electron chi connectivity index (χ0n) is 13.7. The molecule has 0 aliphatic carbocycles. The van der Waals surface area contributed by atoms with Crippen molar-refractivity contribution in [3.8, 4) is 0 Å². The minimum Gasteiger partial charge on any atom is -0.306 e. The number of hydrogen-bond donors (Lipinski definition) is 0. The average Bonchev–Trinajstić information content (AvgIpc) is 2.54. The molecule has 2 rings (SSSR count). The second-order valence-corrected chi connectivity index (χ2v) is 6.37. The fourth-order valence-corrected chi connectivity index (χ4v) is 2.79. The fraction of sp³-hybridized carbons (Fsp3) is 0.368. The van der Waals surface area contributed by atoms with Gasteiger partial charge in [-0.05, 0) is 44.1 Å². The highest BCUT2D eigenvalue weighted by molar-refractivity contribution is 6.30. The lowest BCUT2D eigenvalue weighted by Gasteiger charge is -2.24. The van der Waals surface area contributed by atoms with Crippen LogP contribution in [0.5, 0.6) is 0 Å². The van der Waals surface area contributed by atoms with Gasteiger partial charge in [0.2, 0.25) is 0 Å². The van der Waals surface area contributed by atoms with Crippen molar-refractivity contribution < 1.29 is 4.79 Å². The van der Waals surface area contributed by atoms with Crippen LogP contribution in [0.4, 0.5) is 0 Å². The molecule has 0 spiro atoms. The van der Waals surface area contributed by atoms with E-state index in [0.29, 0.717) is 24.0 Å². The maximum atomic E-state index is 12.2. The topological polar surface area (TPSA) is 33.2 Å². The van der Waals surface area contributed by atoms with Gasteiger partial charge in [0.1, 0.15) is 10.9 Å². The molecular weight excluding hydrogens is 308 g/mol. The highest BCUT2D eigenvalue weighted by Gasteiger charge is 2.15. The zero-order chi connectivity index (χ0) is 16.7. The molecule has 0 aliphatic rings. The molecule has 122 valence electrons. The maximum absolute atomic E-state index is 12.2. The first-order chi connectivity index (χ1) is 11.1. The summed E-state index contributed by atoms with van der Waals surface area (Å²) < 4.78 is 0. The Balaban J connectivity index is 1.88. The van der Waals surface area contributed by atoms with Crippen LogP contribution in [0.3, 0.4) is 0 Å². The van der Waals surface area contributed by atoms with Gasteiger partial charge in [-0.3, -0.25) is 4.79 Å². The third-order valence-electron chi connectivity index (χ3n) is 4.02. The van der Waals surface area contributed by atoms with Gasteiger partial charge in [0, 0.05) is 25.1 Å². The van der Waals surface area contributed by atoms with E-state index < -0.39 is 0 Å². The molecule has 0 amide bonds. The van der Waals surface area contributed by atoms with E-state index in [-0.39, 0.29) is 5.78 Å². The van der Waals surface area contributed by atoms with Crippen LogP contribution in [0.15, 0.2) is 48.7 Å². The summed E-state index contributed by atoms with van der Waals surface area (Å²) in [6.07, 6.45) is 4.35. The summed E-state index contributed by atoms with van der Waals surface area (Å²) in [5.41, 5.74) is 2.11. The molecule has 0 aliphatic heterocycles. The van der Waals surface area contributed by atoms with Crippen molar-refractivity contribution in [2.45, 2.75) is 31.7 Å². The van der Waals surface area contributed by atoms with E-state index in [4.69, 9.17) is 11.6 Å². The van der Waals surface area contributed by atoms with Crippen LogP contribution >= 0.6 is 11.6 Å². The molecule has 1 heterocycles. The second kappa shape index (κ2) is 8.80. The van der Waals surface area contributed by atoms with Crippen molar-refractivity contribution in [3.63, 3.8) is 0 Å². The minimum absolute atomic E-state index is 0.208. The highest BCUT2D eigenvalue weighted by atomic mass is 35.5. The Hall–Kier alpha value is -1.71. The molecule has 0 radical (unpaired) electrons. The van der Waals surface area contributed by atoms with E-state index in [1.807, 2.05) is 18.2 Å². The Labute approximate surface area is 143 Å². The van der Waals surface area contributed by atoms with Crippen molar-refractivity contribution in [1.82, 2.24) is 9.88 Å². The monoisotopic (exact) mass is 330 g/mol. The van der Waals surface area contributed by atoms with Crippen LogP contribution in [0, 0.1) is 0 Å². The van der Waals surface area contributed by atoms with Gasteiger partial charge < -0.3 is 4.90 Å². The third kappa shape index (κ3) is 5.77. The average molecular weight is 331 g/mol. The normalized spacial score (nSPS) is 12.3. The van der Waals surface area contributed by atoms with Gasteiger partial charge >= 0.3 is 0 Å². The van der Waals surface area contributed by atoms with Crippen LogP contribution in [-0.4, -0.2) is 35.8 Å². The van der Waals surface area contributed by atoms with E-state index >= 15 is 0 Å². The number of aromatic nitrogens is 1. The third-order valence-corrected chi connectivity index (χ3v) is 4.37. The Morgan fingerprint density at radius 1 is 1.17 bits per heavy atom. The van der Waals surface area contributed by atoms with E-state index in [9.17, 15) is 4.79 Å². The van der Waals surface area contributed by atoms with E-state index in [1.165, 1.54) is 5.56 Å². The van der Waals surface area contributed by atoms with Gasteiger partial charge in [0.05, 0.1) is 0 Å². The van der Waals surface area contributed by atoms with Crippen LogP contribution in [-0.2, 0) is 17.6 Å². The summed E-state index contributed by atoms with van der Waals surface area (Å²) in [5, 5.41) is 0.425. The quantitative estimate of drug-likeness (QED) is 0.690. The minimum atomic E-state index is 0.208. The summed E-state index contributed by atoms with van der Waals surface area (Å²) in [7, 11) is 4.13. The molecule has 2 aromatic rings. The van der Waals surface area contributed by atoms with Gasteiger partial charge in [0.25, 0.3) is 0 Å². The number of Topliss-reactive ketones (excluding diaryl/α,β-unsaturated/α-hetero) is 1. The van der Waals surface area contributed by atoms with Crippen molar-refractivity contribution in [2.24, 2.45) is 0 Å². The second-order valence-electron chi connectivity index (χ2n) is 6.01. The van der Waals surface area contributed by atoms with Crippen molar-refractivity contribution in [2.75, 3.05) is 14.1 Å². The van der Waals surface area contributed by atoms with Crippen LogP contribution in [0.2, 0.25) is 5.15 Å². The number of likely N-dealkylation sites (N-methyl/N-ethyl adjacent to an activating group) is 1. The lowest BCUT2D eigenvalue weighted by molar-refractivity contribution is -0.118. The first kappa shape index (κ1) is 17.6. The Kier molecular flexibility index (Phi) is 6.75. The smallest absolute Gasteiger partial charge is 0.137 e. The number of benzene rings is 1. The molecule has 0 fully saturated rings. The summed E-state index contributed by atoms with van der Waals surface area (Å²) in [6.45, 7) is 0. The zero-order valence-corrected chi connectivity index (χ0v) is 14.5. The molecule has 0 bridgehead atoms. The van der Waals surface area contributed by atoms with Gasteiger partial charge in [-0.25, -0.2) is 4.98 Å². The van der Waals surface area contributed by atoms with Crippen molar-refractivity contribution in [1.29, 1.82) is 0 Å². The summed E-state index contributed by atoms with van der Waals surface area (Å²) in [6, 6.07) is 14.4. The van der Waals surface area contributed by atoms with Crippen molar-refractivity contribution in [3.05, 3.63) is 64.9 Å². The highest BCUT2D eigenvalue weighted by Crippen LogP contribution is 2.16. The lowest BCUT2D eigenvalue weighted by Crippen LogP contribution is -2.30. The Bertz CT molecular complexity index is 628. The Morgan fingerprint density at radius 3 is 2.57 bits per heavy atom. The summed E-state index contributed by atoms with van der Waals surface area (Å²) in [4.78, 5) is 18.4. The van der Waals surface area contributed by atoms with Gasteiger partial charge in [-0.15, -0.1) is 0 Å². The van der Waals surface area contributed by atoms with Gasteiger partial charge in [-0.2, -0.15) is 0 Å². The molecule has 23 heavy (non-hydrogen) atoms. The van der Waals surface area contributed by atoms with Crippen LogP contribution in [0.1, 0.15) is 24.0 Å². The number of carbonyl (C=O) groups is 1. The number of nitrogens with zero attached hydrogens (tertiary/aromatic N) is 2. The summed E-state index contributed by atoms with van der Waals surface area (Å²) >= 11 is 6.02. The first-order valence-corrected chi connectivity index (χ1v) is 8.25. The number of hydrogen-bond acceptors (Lipinski definition) is 3.